The molecule has 1 heterocycles. The summed E-state index contributed by atoms with van der Waals surface area (Å²) in [5.41, 5.74) is 3.03. The van der Waals surface area contributed by atoms with Crippen molar-refractivity contribution < 1.29 is 4.79 Å². The lowest BCUT2D eigenvalue weighted by molar-refractivity contribution is -0.113. The molecule has 5 heteroatoms. The predicted octanol–water partition coefficient (Wildman–Crippen LogP) is 6.09. The topological polar surface area (TPSA) is 23.6 Å². The second-order valence-corrected chi connectivity index (χ2v) is 8.45. The van der Waals surface area contributed by atoms with Gasteiger partial charge in [-0.15, -0.1) is 0 Å². The van der Waals surface area contributed by atoms with Gasteiger partial charge in [0.25, 0.3) is 5.91 Å². The summed E-state index contributed by atoms with van der Waals surface area (Å²) in [6.07, 6.45) is 1.93. The normalized spacial score (nSPS) is 15.5. The molecule has 146 valence electrons. The Labute approximate surface area is 181 Å². The van der Waals surface area contributed by atoms with Crippen LogP contribution in [-0.4, -0.2) is 23.3 Å². The van der Waals surface area contributed by atoms with Crippen LogP contribution >= 0.6 is 24.0 Å². The van der Waals surface area contributed by atoms with Gasteiger partial charge in [0.2, 0.25) is 0 Å². The van der Waals surface area contributed by atoms with E-state index in [1.165, 1.54) is 17.4 Å². The van der Waals surface area contributed by atoms with Crippen LogP contribution in [0.4, 0.5) is 11.4 Å². The number of fused-ring (bicyclic) bond motifs is 1. The first-order valence-electron chi connectivity index (χ1n) is 9.73. The van der Waals surface area contributed by atoms with E-state index in [1.807, 2.05) is 48.5 Å². The van der Waals surface area contributed by atoms with Crippen LogP contribution in [-0.2, 0) is 4.79 Å². The van der Waals surface area contributed by atoms with Crippen LogP contribution in [0.5, 0.6) is 0 Å². The molecule has 1 aliphatic rings. The standard InChI is InChI=1S/C24H22N2OS2/c1-3-25(4-2)19-14-12-17(13-15-19)16-22-23(27)26(24(28)29-22)21-11-7-9-18-8-5-6-10-20(18)21/h5-16H,3-4H2,1-2H3/b22-16-. The molecule has 0 spiro atoms. The molecule has 0 bridgehead atoms. The summed E-state index contributed by atoms with van der Waals surface area (Å²) in [6, 6.07) is 22.3. The van der Waals surface area contributed by atoms with Gasteiger partial charge < -0.3 is 4.90 Å². The highest BCUT2D eigenvalue weighted by atomic mass is 32.2. The Bertz CT molecular complexity index is 1100. The molecule has 0 aromatic heterocycles. The van der Waals surface area contributed by atoms with Gasteiger partial charge in [-0.25, -0.2) is 0 Å². The molecular formula is C24H22N2OS2. The first-order chi connectivity index (χ1) is 14.1. The largest absolute Gasteiger partial charge is 0.372 e. The third-order valence-electron chi connectivity index (χ3n) is 5.12. The van der Waals surface area contributed by atoms with Gasteiger partial charge in [0.1, 0.15) is 0 Å². The number of rotatable bonds is 5. The molecular weight excluding hydrogens is 396 g/mol. The van der Waals surface area contributed by atoms with Gasteiger partial charge >= 0.3 is 0 Å². The van der Waals surface area contributed by atoms with E-state index in [4.69, 9.17) is 12.2 Å². The summed E-state index contributed by atoms with van der Waals surface area (Å²) in [4.78, 5) is 17.8. The van der Waals surface area contributed by atoms with E-state index in [2.05, 4.69) is 43.0 Å². The number of thiocarbonyl (C=S) groups is 1. The maximum atomic E-state index is 13.2. The van der Waals surface area contributed by atoms with E-state index in [1.54, 1.807) is 4.90 Å². The van der Waals surface area contributed by atoms with Crippen LogP contribution in [0, 0.1) is 0 Å². The van der Waals surface area contributed by atoms with E-state index in [0.29, 0.717) is 9.23 Å². The van der Waals surface area contributed by atoms with Gasteiger partial charge in [0.15, 0.2) is 4.32 Å². The van der Waals surface area contributed by atoms with E-state index < -0.39 is 0 Å². The van der Waals surface area contributed by atoms with Crippen molar-refractivity contribution in [2.75, 3.05) is 22.9 Å². The smallest absolute Gasteiger partial charge is 0.270 e. The molecule has 0 atom stereocenters. The number of hydrogen-bond donors (Lipinski definition) is 0. The maximum absolute atomic E-state index is 13.2. The molecule has 1 fully saturated rings. The lowest BCUT2D eigenvalue weighted by atomic mass is 10.1. The fourth-order valence-corrected chi connectivity index (χ4v) is 4.89. The van der Waals surface area contributed by atoms with Crippen molar-refractivity contribution in [2.24, 2.45) is 0 Å². The number of carbonyl (C=O) groups excluding carboxylic acids is 1. The SMILES string of the molecule is CCN(CC)c1ccc(/C=C2\SC(=S)N(c3cccc4ccccc34)C2=O)cc1. The van der Waals surface area contributed by atoms with Gasteiger partial charge in [-0.05, 0) is 49.1 Å². The fraction of sp³-hybridized carbons (Fsp3) is 0.167. The molecule has 0 radical (unpaired) electrons. The lowest BCUT2D eigenvalue weighted by Crippen LogP contribution is -2.27. The number of anilines is 2. The molecule has 3 nitrogen and oxygen atoms in total. The van der Waals surface area contributed by atoms with E-state index >= 15 is 0 Å². The highest BCUT2D eigenvalue weighted by Crippen LogP contribution is 2.38. The minimum absolute atomic E-state index is 0.0656. The summed E-state index contributed by atoms with van der Waals surface area (Å²) < 4.78 is 0.567. The predicted molar refractivity (Wildman–Crippen MR) is 130 cm³/mol. The quantitative estimate of drug-likeness (QED) is 0.369. The average Bonchev–Trinajstić information content (AvgIpc) is 3.02. The molecule has 3 aromatic carbocycles. The highest BCUT2D eigenvalue weighted by molar-refractivity contribution is 8.27. The zero-order valence-corrected chi connectivity index (χ0v) is 18.1. The molecule has 1 amide bonds. The molecule has 0 N–H and O–H groups in total. The van der Waals surface area contributed by atoms with Crippen molar-refractivity contribution in [3.05, 3.63) is 77.2 Å². The summed E-state index contributed by atoms with van der Waals surface area (Å²) in [6.45, 7) is 6.24. The summed E-state index contributed by atoms with van der Waals surface area (Å²) in [5.74, 6) is -0.0656. The maximum Gasteiger partial charge on any atom is 0.270 e. The Morgan fingerprint density at radius 3 is 2.38 bits per heavy atom. The third-order valence-corrected chi connectivity index (χ3v) is 6.42. The second-order valence-electron chi connectivity index (χ2n) is 6.78. The van der Waals surface area contributed by atoms with Crippen LogP contribution in [0.1, 0.15) is 19.4 Å². The van der Waals surface area contributed by atoms with Crippen molar-refractivity contribution in [2.45, 2.75) is 13.8 Å². The second kappa shape index (κ2) is 8.39. The van der Waals surface area contributed by atoms with Gasteiger partial charge in [0.05, 0.1) is 10.6 Å². The van der Waals surface area contributed by atoms with Crippen LogP contribution in [0.15, 0.2) is 71.6 Å². The van der Waals surface area contributed by atoms with Crippen molar-refractivity contribution in [3.8, 4) is 0 Å². The summed E-state index contributed by atoms with van der Waals surface area (Å²) in [7, 11) is 0. The third kappa shape index (κ3) is 3.80. The summed E-state index contributed by atoms with van der Waals surface area (Å²) >= 11 is 6.92. The highest BCUT2D eigenvalue weighted by Gasteiger charge is 2.34. The van der Waals surface area contributed by atoms with E-state index in [0.717, 1.165) is 35.1 Å². The lowest BCUT2D eigenvalue weighted by Gasteiger charge is -2.20. The van der Waals surface area contributed by atoms with E-state index in [9.17, 15) is 4.79 Å². The number of thioether (sulfide) groups is 1. The Hall–Kier alpha value is -2.63. The molecule has 1 aliphatic heterocycles. The van der Waals surface area contributed by atoms with Gasteiger partial charge in [-0.2, -0.15) is 0 Å². The zero-order chi connectivity index (χ0) is 20.4. The van der Waals surface area contributed by atoms with Crippen LogP contribution in [0.25, 0.3) is 16.8 Å². The number of carbonyl (C=O) groups is 1. The molecule has 0 unspecified atom stereocenters. The van der Waals surface area contributed by atoms with Crippen molar-refractivity contribution in [3.63, 3.8) is 0 Å². The first-order valence-corrected chi connectivity index (χ1v) is 11.0. The molecule has 0 aliphatic carbocycles. The summed E-state index contributed by atoms with van der Waals surface area (Å²) in [5, 5.41) is 2.12. The van der Waals surface area contributed by atoms with Gasteiger partial charge in [-0.3, -0.25) is 9.69 Å². The zero-order valence-electron chi connectivity index (χ0n) is 16.5. The monoisotopic (exact) mass is 418 g/mol. The number of amides is 1. The minimum Gasteiger partial charge on any atom is -0.372 e. The average molecular weight is 419 g/mol. The number of nitrogens with zero attached hydrogens (tertiary/aromatic N) is 2. The minimum atomic E-state index is -0.0656. The Balaban J connectivity index is 1.64. The molecule has 4 rings (SSSR count). The van der Waals surface area contributed by atoms with Crippen molar-refractivity contribution in [1.82, 2.24) is 0 Å². The number of benzene rings is 3. The van der Waals surface area contributed by atoms with Crippen LogP contribution in [0.2, 0.25) is 0 Å². The fourth-order valence-electron chi connectivity index (χ4n) is 3.60. The van der Waals surface area contributed by atoms with Gasteiger partial charge in [-0.1, -0.05) is 72.5 Å². The Morgan fingerprint density at radius 2 is 1.66 bits per heavy atom. The van der Waals surface area contributed by atoms with Crippen LogP contribution in [0.3, 0.4) is 0 Å². The van der Waals surface area contributed by atoms with Crippen molar-refractivity contribution in [1.29, 1.82) is 0 Å². The Morgan fingerprint density at radius 1 is 0.966 bits per heavy atom. The molecule has 1 saturated heterocycles. The molecule has 0 saturated carbocycles. The van der Waals surface area contributed by atoms with E-state index in [-0.39, 0.29) is 5.91 Å². The molecule has 29 heavy (non-hydrogen) atoms. The first kappa shape index (κ1) is 19.7. The number of hydrogen-bond acceptors (Lipinski definition) is 4. The van der Waals surface area contributed by atoms with Crippen molar-refractivity contribution >= 4 is 62.4 Å². The van der Waals surface area contributed by atoms with Gasteiger partial charge in [0, 0.05) is 24.2 Å². The Kier molecular flexibility index (Phi) is 5.69. The molecule has 3 aromatic rings. The van der Waals surface area contributed by atoms with Crippen LogP contribution < -0.4 is 9.80 Å².